The minimum atomic E-state index is -0.956. The SMILES string of the molecule is C[C@@H](Nc1nc(N2CCN(C(=O)C[C@H]3CCCN3C(=O)O)CC2)ncc1Cl)c1ccc(Cl)cc1Cl. The third-order valence-corrected chi connectivity index (χ3v) is 7.30. The van der Waals surface area contributed by atoms with Crippen molar-refractivity contribution in [3.8, 4) is 0 Å². The number of carboxylic acid groups (broad SMARTS) is 1. The van der Waals surface area contributed by atoms with Gasteiger partial charge in [-0.3, -0.25) is 4.79 Å². The summed E-state index contributed by atoms with van der Waals surface area (Å²) in [6.45, 7) is 4.62. The van der Waals surface area contributed by atoms with Gasteiger partial charge < -0.3 is 25.1 Å². The fraction of sp³-hybridized carbons (Fsp3) is 0.478. The van der Waals surface area contributed by atoms with E-state index in [2.05, 4.69) is 15.3 Å². The van der Waals surface area contributed by atoms with Crippen LogP contribution in [0.15, 0.2) is 24.4 Å². The molecule has 35 heavy (non-hydrogen) atoms. The van der Waals surface area contributed by atoms with Crippen LogP contribution in [0, 0.1) is 0 Å². The molecule has 1 aromatic carbocycles. The third-order valence-electron chi connectivity index (χ3n) is 6.46. The van der Waals surface area contributed by atoms with Crippen LogP contribution in [-0.4, -0.2) is 75.6 Å². The molecule has 2 atom stereocenters. The van der Waals surface area contributed by atoms with Gasteiger partial charge in [0.25, 0.3) is 0 Å². The van der Waals surface area contributed by atoms with Crippen LogP contribution in [0.2, 0.25) is 15.1 Å². The fourth-order valence-corrected chi connectivity index (χ4v) is 5.25. The van der Waals surface area contributed by atoms with Gasteiger partial charge in [0.2, 0.25) is 11.9 Å². The lowest BCUT2D eigenvalue weighted by molar-refractivity contribution is -0.132. The van der Waals surface area contributed by atoms with E-state index in [0.717, 1.165) is 18.4 Å². The predicted octanol–water partition coefficient (Wildman–Crippen LogP) is 4.79. The first-order valence-corrected chi connectivity index (χ1v) is 12.6. The number of piperazine rings is 1. The molecule has 2 fully saturated rings. The van der Waals surface area contributed by atoms with Crippen LogP contribution >= 0.6 is 34.8 Å². The summed E-state index contributed by atoms with van der Waals surface area (Å²) in [7, 11) is 0. The molecule has 2 aliphatic rings. The number of nitrogens with zero attached hydrogens (tertiary/aromatic N) is 5. The zero-order chi connectivity index (χ0) is 25.1. The number of benzene rings is 1. The molecule has 0 bridgehead atoms. The van der Waals surface area contributed by atoms with Crippen LogP contribution in [0.4, 0.5) is 16.6 Å². The average molecular weight is 542 g/mol. The second kappa shape index (κ2) is 11.1. The van der Waals surface area contributed by atoms with Gasteiger partial charge in [-0.05, 0) is 37.5 Å². The number of rotatable bonds is 6. The summed E-state index contributed by atoms with van der Waals surface area (Å²) in [5, 5.41) is 14.1. The van der Waals surface area contributed by atoms with E-state index in [-0.39, 0.29) is 24.4 Å². The molecule has 2 aromatic rings. The van der Waals surface area contributed by atoms with E-state index in [4.69, 9.17) is 34.8 Å². The van der Waals surface area contributed by atoms with E-state index >= 15 is 0 Å². The summed E-state index contributed by atoms with van der Waals surface area (Å²) < 4.78 is 0. The highest BCUT2D eigenvalue weighted by atomic mass is 35.5. The monoisotopic (exact) mass is 540 g/mol. The Morgan fingerprint density at radius 2 is 1.89 bits per heavy atom. The summed E-state index contributed by atoms with van der Waals surface area (Å²) in [6, 6.07) is 4.92. The molecule has 12 heteroatoms. The predicted molar refractivity (Wildman–Crippen MR) is 137 cm³/mol. The van der Waals surface area contributed by atoms with Crippen LogP contribution in [-0.2, 0) is 4.79 Å². The smallest absolute Gasteiger partial charge is 0.407 e. The van der Waals surface area contributed by atoms with Gasteiger partial charge in [0, 0.05) is 55.2 Å². The maximum Gasteiger partial charge on any atom is 0.407 e. The number of carbonyl (C=O) groups is 2. The van der Waals surface area contributed by atoms with E-state index in [0.29, 0.717) is 59.6 Å². The molecule has 0 spiro atoms. The normalized spacial score (nSPS) is 19.1. The highest BCUT2D eigenvalue weighted by Crippen LogP contribution is 2.31. The van der Waals surface area contributed by atoms with Crippen LogP contribution < -0.4 is 10.2 Å². The molecule has 0 saturated carbocycles. The molecule has 2 saturated heterocycles. The summed E-state index contributed by atoms with van der Waals surface area (Å²) in [4.78, 5) is 38.3. The maximum atomic E-state index is 12.8. The van der Waals surface area contributed by atoms with Crippen LogP contribution in [0.5, 0.6) is 0 Å². The molecule has 188 valence electrons. The molecule has 2 N–H and O–H groups in total. The maximum absolute atomic E-state index is 12.8. The third kappa shape index (κ3) is 6.02. The minimum absolute atomic E-state index is 0.0177. The van der Waals surface area contributed by atoms with Gasteiger partial charge >= 0.3 is 6.09 Å². The van der Waals surface area contributed by atoms with E-state index in [1.165, 1.54) is 4.90 Å². The Morgan fingerprint density at radius 3 is 2.57 bits per heavy atom. The van der Waals surface area contributed by atoms with Crippen molar-refractivity contribution in [2.24, 2.45) is 0 Å². The van der Waals surface area contributed by atoms with E-state index in [1.807, 2.05) is 17.9 Å². The molecule has 2 amide bonds. The first-order valence-electron chi connectivity index (χ1n) is 11.5. The molecular weight excluding hydrogens is 515 g/mol. The first kappa shape index (κ1) is 25.6. The summed E-state index contributed by atoms with van der Waals surface area (Å²) in [5.74, 6) is 0.991. The standard InChI is InChI=1S/C23H27Cl3N6O3/c1-14(17-5-4-15(24)11-18(17)25)28-21-19(26)13-27-22(29-21)31-9-7-30(8-10-31)20(33)12-16-3-2-6-32(16)23(34)35/h4-5,11,13-14,16H,2-3,6-10,12H2,1H3,(H,34,35)(H,27,28,29)/t14-,16-/m1/s1. The lowest BCUT2D eigenvalue weighted by Gasteiger charge is -2.35. The van der Waals surface area contributed by atoms with E-state index < -0.39 is 6.09 Å². The van der Waals surface area contributed by atoms with Gasteiger partial charge in [-0.1, -0.05) is 40.9 Å². The molecule has 0 aliphatic carbocycles. The number of amides is 2. The number of likely N-dealkylation sites (tertiary alicyclic amines) is 1. The summed E-state index contributed by atoms with van der Waals surface area (Å²) >= 11 is 18.7. The van der Waals surface area contributed by atoms with Crippen molar-refractivity contribution in [2.75, 3.05) is 42.9 Å². The average Bonchev–Trinajstić information content (AvgIpc) is 3.29. The second-order valence-corrected chi connectivity index (χ2v) is 9.99. The zero-order valence-corrected chi connectivity index (χ0v) is 21.5. The van der Waals surface area contributed by atoms with E-state index in [1.54, 1.807) is 23.2 Å². The fourth-order valence-electron chi connectivity index (χ4n) is 4.53. The Balaban J connectivity index is 1.36. The Bertz CT molecular complexity index is 1100. The van der Waals surface area contributed by atoms with Crippen LogP contribution in [0.1, 0.15) is 37.8 Å². The number of nitrogens with one attached hydrogen (secondary N) is 1. The molecule has 4 rings (SSSR count). The number of hydrogen-bond donors (Lipinski definition) is 2. The zero-order valence-electron chi connectivity index (χ0n) is 19.3. The first-order chi connectivity index (χ1) is 16.7. The summed E-state index contributed by atoms with van der Waals surface area (Å²) in [6.07, 6.45) is 2.35. The minimum Gasteiger partial charge on any atom is -0.465 e. The molecule has 0 radical (unpaired) electrons. The van der Waals surface area contributed by atoms with Gasteiger partial charge in [0.15, 0.2) is 5.82 Å². The van der Waals surface area contributed by atoms with Gasteiger partial charge in [-0.15, -0.1) is 0 Å². The largest absolute Gasteiger partial charge is 0.465 e. The molecular formula is C23H27Cl3N6O3. The van der Waals surface area contributed by atoms with Crippen molar-refractivity contribution in [3.63, 3.8) is 0 Å². The number of anilines is 2. The lowest BCUT2D eigenvalue weighted by Crippen LogP contribution is -2.50. The highest BCUT2D eigenvalue weighted by molar-refractivity contribution is 6.35. The number of carbonyl (C=O) groups excluding carboxylic acids is 1. The molecule has 0 unspecified atom stereocenters. The van der Waals surface area contributed by atoms with Crippen LogP contribution in [0.25, 0.3) is 0 Å². The quantitative estimate of drug-likeness (QED) is 0.542. The number of halogens is 3. The Kier molecular flexibility index (Phi) is 8.09. The lowest BCUT2D eigenvalue weighted by atomic mass is 10.1. The molecule has 1 aromatic heterocycles. The molecule has 9 nitrogen and oxygen atoms in total. The van der Waals surface area contributed by atoms with Gasteiger partial charge in [0.05, 0.1) is 12.2 Å². The summed E-state index contributed by atoms with van der Waals surface area (Å²) in [5.41, 5.74) is 0.864. The molecule has 2 aliphatic heterocycles. The Labute approximate surface area is 219 Å². The van der Waals surface area contributed by atoms with Crippen LogP contribution in [0.3, 0.4) is 0 Å². The van der Waals surface area contributed by atoms with E-state index in [9.17, 15) is 14.7 Å². The number of hydrogen-bond acceptors (Lipinski definition) is 6. The topological polar surface area (TPSA) is 102 Å². The highest BCUT2D eigenvalue weighted by Gasteiger charge is 2.32. The van der Waals surface area contributed by atoms with Crippen molar-refractivity contribution < 1.29 is 14.7 Å². The van der Waals surface area contributed by atoms with Crippen molar-refractivity contribution in [3.05, 3.63) is 45.0 Å². The number of aromatic nitrogens is 2. The Morgan fingerprint density at radius 1 is 1.14 bits per heavy atom. The second-order valence-electron chi connectivity index (χ2n) is 8.74. The van der Waals surface area contributed by atoms with Gasteiger partial charge in [-0.25, -0.2) is 9.78 Å². The van der Waals surface area contributed by atoms with Crippen molar-refractivity contribution >= 4 is 58.6 Å². The van der Waals surface area contributed by atoms with Crippen molar-refractivity contribution in [1.82, 2.24) is 19.8 Å². The van der Waals surface area contributed by atoms with Gasteiger partial charge in [-0.2, -0.15) is 4.98 Å². The van der Waals surface area contributed by atoms with Crippen molar-refractivity contribution in [1.29, 1.82) is 0 Å². The van der Waals surface area contributed by atoms with Crippen molar-refractivity contribution in [2.45, 2.75) is 38.3 Å². The van der Waals surface area contributed by atoms with Gasteiger partial charge in [0.1, 0.15) is 5.02 Å². The molecule has 3 heterocycles. The Hall–Kier alpha value is -2.49.